The first-order valence-corrected chi connectivity index (χ1v) is 8.63. The standard InChI is InChI=1S/C21H20N4O/c1-13-11-17-18(12-14(13)2)25(10-9-16-7-5-4-6-8-16)20-19(24-17)21(26)23-15(3)22-20/h4-8,11-12H,3,9-10H2,1-2H3,(H,23,26). The Balaban J connectivity index is 1.87. The van der Waals surface area contributed by atoms with E-state index in [1.54, 1.807) is 0 Å². The van der Waals surface area contributed by atoms with Crippen LogP contribution in [0.2, 0.25) is 0 Å². The second-order valence-electron chi connectivity index (χ2n) is 6.61. The summed E-state index contributed by atoms with van der Waals surface area (Å²) in [5.41, 5.74) is 5.45. The lowest BCUT2D eigenvalue weighted by Crippen LogP contribution is -2.42. The molecule has 0 fully saturated rings. The van der Waals surface area contributed by atoms with Crippen LogP contribution in [0.25, 0.3) is 6.58 Å². The van der Waals surface area contributed by atoms with Gasteiger partial charge in [-0.25, -0.2) is 9.98 Å². The van der Waals surface area contributed by atoms with E-state index in [9.17, 15) is 4.79 Å². The Morgan fingerprint density at radius 2 is 1.85 bits per heavy atom. The van der Waals surface area contributed by atoms with Crippen LogP contribution in [0.15, 0.2) is 52.3 Å². The molecular weight excluding hydrogens is 324 g/mol. The Kier molecular flexibility index (Phi) is 3.92. The minimum atomic E-state index is -0.256. The third-order valence-electron chi connectivity index (χ3n) is 4.76. The van der Waals surface area contributed by atoms with Crippen molar-refractivity contribution in [3.8, 4) is 0 Å². The van der Waals surface area contributed by atoms with Gasteiger partial charge in [0.15, 0.2) is 11.2 Å². The summed E-state index contributed by atoms with van der Waals surface area (Å²) in [6.07, 6.45) is 0.841. The SMILES string of the molecule is C=c1nc2c(c(=O)[nH]1)=Nc1cc(C)c(C)cc1N2CCc1ccccc1. The van der Waals surface area contributed by atoms with Gasteiger partial charge in [0.1, 0.15) is 5.48 Å². The summed E-state index contributed by atoms with van der Waals surface area (Å²) in [6, 6.07) is 14.4. The Labute approximate surface area is 151 Å². The zero-order valence-corrected chi connectivity index (χ0v) is 14.9. The van der Waals surface area contributed by atoms with Crippen LogP contribution in [0.4, 0.5) is 17.2 Å². The molecule has 1 aliphatic rings. The Bertz CT molecular complexity index is 1150. The molecule has 0 aliphatic carbocycles. The van der Waals surface area contributed by atoms with Crippen molar-refractivity contribution in [2.75, 3.05) is 11.4 Å². The van der Waals surface area contributed by atoms with E-state index in [-0.39, 0.29) is 5.56 Å². The van der Waals surface area contributed by atoms with Crippen molar-refractivity contribution in [3.05, 3.63) is 80.3 Å². The van der Waals surface area contributed by atoms with Crippen molar-refractivity contribution in [2.45, 2.75) is 20.3 Å². The number of hydrogen-bond acceptors (Lipinski definition) is 4. The molecule has 130 valence electrons. The Morgan fingerprint density at radius 3 is 2.62 bits per heavy atom. The maximum Gasteiger partial charge on any atom is 0.279 e. The van der Waals surface area contributed by atoms with E-state index in [1.165, 1.54) is 11.1 Å². The number of aromatic amines is 1. The molecule has 2 heterocycles. The molecule has 26 heavy (non-hydrogen) atoms. The van der Waals surface area contributed by atoms with Gasteiger partial charge >= 0.3 is 0 Å². The molecule has 0 atom stereocenters. The number of nitrogens with one attached hydrogen (secondary N) is 1. The summed E-state index contributed by atoms with van der Waals surface area (Å²) in [4.78, 5) is 26.2. The molecule has 4 rings (SSSR count). The smallest absolute Gasteiger partial charge is 0.279 e. The zero-order chi connectivity index (χ0) is 18.3. The largest absolute Gasteiger partial charge is 0.322 e. The second kappa shape index (κ2) is 6.26. The average Bonchev–Trinajstić information content (AvgIpc) is 2.62. The van der Waals surface area contributed by atoms with Crippen LogP contribution >= 0.6 is 0 Å². The Hall–Kier alpha value is -3.21. The van der Waals surface area contributed by atoms with Gasteiger partial charge in [-0.1, -0.05) is 36.9 Å². The normalized spacial score (nSPS) is 12.3. The molecule has 0 unspecified atom stereocenters. The molecule has 0 saturated heterocycles. The third-order valence-corrected chi connectivity index (χ3v) is 4.76. The number of benzene rings is 2. The van der Waals surface area contributed by atoms with E-state index in [4.69, 9.17) is 0 Å². The van der Waals surface area contributed by atoms with Gasteiger partial charge in [0, 0.05) is 6.54 Å². The van der Waals surface area contributed by atoms with Crippen LogP contribution < -0.4 is 21.3 Å². The molecule has 0 amide bonds. The minimum absolute atomic E-state index is 0.256. The fourth-order valence-corrected chi connectivity index (χ4v) is 3.23. The lowest BCUT2D eigenvalue weighted by Gasteiger charge is -2.28. The summed E-state index contributed by atoms with van der Waals surface area (Å²) in [5.74, 6) is 0.574. The first kappa shape index (κ1) is 16.3. The predicted molar refractivity (Wildman–Crippen MR) is 104 cm³/mol. The first-order valence-electron chi connectivity index (χ1n) is 8.63. The molecular formula is C21H20N4O. The van der Waals surface area contributed by atoms with Gasteiger partial charge in [0.05, 0.1) is 11.4 Å². The summed E-state index contributed by atoms with van der Waals surface area (Å²) < 4.78 is 0. The molecule has 0 saturated carbocycles. The van der Waals surface area contributed by atoms with Crippen LogP contribution in [-0.4, -0.2) is 16.5 Å². The first-order chi connectivity index (χ1) is 12.5. The number of hydrogen-bond donors (Lipinski definition) is 1. The highest BCUT2D eigenvalue weighted by Crippen LogP contribution is 2.36. The second-order valence-corrected chi connectivity index (χ2v) is 6.61. The number of anilines is 2. The number of nitrogens with zero attached hydrogens (tertiary/aromatic N) is 3. The van der Waals surface area contributed by atoms with Crippen LogP contribution in [0, 0.1) is 13.8 Å². The number of rotatable bonds is 3. The van der Waals surface area contributed by atoms with Gasteiger partial charge in [-0.3, -0.25) is 4.79 Å². The summed E-state index contributed by atoms with van der Waals surface area (Å²) in [6.45, 7) is 8.64. The molecule has 1 N–H and O–H groups in total. The molecule has 0 bridgehead atoms. The van der Waals surface area contributed by atoms with Crippen molar-refractivity contribution in [3.63, 3.8) is 0 Å². The van der Waals surface area contributed by atoms with E-state index in [2.05, 4.69) is 58.5 Å². The number of aryl methyl sites for hydroxylation is 2. The maximum absolute atomic E-state index is 12.4. The predicted octanol–water partition coefficient (Wildman–Crippen LogP) is 2.44. The third kappa shape index (κ3) is 2.81. The van der Waals surface area contributed by atoms with Crippen molar-refractivity contribution >= 4 is 23.8 Å². The highest BCUT2D eigenvalue weighted by atomic mass is 16.1. The van der Waals surface area contributed by atoms with Crippen LogP contribution in [0.1, 0.15) is 16.7 Å². The molecule has 0 spiro atoms. The molecule has 5 heteroatoms. The maximum atomic E-state index is 12.4. The van der Waals surface area contributed by atoms with E-state index < -0.39 is 0 Å². The van der Waals surface area contributed by atoms with Crippen molar-refractivity contribution in [1.29, 1.82) is 0 Å². The molecule has 1 aromatic heterocycles. The quantitative estimate of drug-likeness (QED) is 0.794. The van der Waals surface area contributed by atoms with Gasteiger partial charge in [0.2, 0.25) is 0 Å². The van der Waals surface area contributed by atoms with E-state index in [0.717, 1.165) is 23.4 Å². The van der Waals surface area contributed by atoms with Gasteiger partial charge in [-0.05, 0) is 49.1 Å². The summed E-state index contributed by atoms with van der Waals surface area (Å²) >= 11 is 0. The fraction of sp³-hybridized carbons (Fsp3) is 0.190. The highest BCUT2D eigenvalue weighted by molar-refractivity contribution is 5.77. The Morgan fingerprint density at radius 1 is 1.12 bits per heavy atom. The lowest BCUT2D eigenvalue weighted by atomic mass is 10.1. The molecule has 0 radical (unpaired) electrons. The van der Waals surface area contributed by atoms with Crippen molar-refractivity contribution < 1.29 is 0 Å². The van der Waals surface area contributed by atoms with Gasteiger partial charge in [-0.2, -0.15) is 0 Å². The van der Waals surface area contributed by atoms with E-state index >= 15 is 0 Å². The molecule has 3 aromatic rings. The molecule has 1 aliphatic heterocycles. The van der Waals surface area contributed by atoms with Crippen molar-refractivity contribution in [1.82, 2.24) is 9.97 Å². The number of H-pyrrole nitrogens is 1. The fourth-order valence-electron chi connectivity index (χ4n) is 3.23. The van der Waals surface area contributed by atoms with Crippen molar-refractivity contribution in [2.24, 2.45) is 4.99 Å². The topological polar surface area (TPSA) is 61.4 Å². The lowest BCUT2D eigenvalue weighted by molar-refractivity contribution is 0.855. The van der Waals surface area contributed by atoms with Crippen LogP contribution in [0.3, 0.4) is 0 Å². The van der Waals surface area contributed by atoms with E-state index in [0.29, 0.717) is 23.2 Å². The molecule has 5 nitrogen and oxygen atoms in total. The summed E-state index contributed by atoms with van der Waals surface area (Å²) in [5, 5.41) is 0.348. The van der Waals surface area contributed by atoms with E-state index in [1.807, 2.05) is 24.3 Å². The minimum Gasteiger partial charge on any atom is -0.322 e. The summed E-state index contributed by atoms with van der Waals surface area (Å²) in [7, 11) is 0. The van der Waals surface area contributed by atoms with Crippen LogP contribution in [0.5, 0.6) is 0 Å². The number of fused-ring (bicyclic) bond motifs is 2. The van der Waals surface area contributed by atoms with Gasteiger partial charge < -0.3 is 9.88 Å². The van der Waals surface area contributed by atoms with Gasteiger partial charge in [0.25, 0.3) is 5.56 Å². The molecule has 2 aromatic carbocycles. The highest BCUT2D eigenvalue weighted by Gasteiger charge is 2.23. The van der Waals surface area contributed by atoms with Gasteiger partial charge in [-0.15, -0.1) is 0 Å². The zero-order valence-electron chi connectivity index (χ0n) is 14.9. The number of aromatic nitrogens is 2. The van der Waals surface area contributed by atoms with Crippen LogP contribution in [-0.2, 0) is 6.42 Å². The average molecular weight is 344 g/mol. The monoisotopic (exact) mass is 344 g/mol.